The minimum Gasteiger partial charge on any atom is -0.308 e. The quantitative estimate of drug-likeness (QED) is 0.604. The molecule has 0 unspecified atom stereocenters. The Morgan fingerprint density at radius 3 is 2.17 bits per heavy atom. The SMILES string of the molecule is CS(=O)(=O)C1CCC2(CC1)CN2. The van der Waals surface area contributed by atoms with Crippen LogP contribution < -0.4 is 5.32 Å². The van der Waals surface area contributed by atoms with Gasteiger partial charge >= 0.3 is 0 Å². The van der Waals surface area contributed by atoms with E-state index in [1.54, 1.807) is 0 Å². The topological polar surface area (TPSA) is 56.1 Å². The zero-order valence-corrected chi connectivity index (χ0v) is 8.15. The molecule has 0 aromatic heterocycles. The summed E-state index contributed by atoms with van der Waals surface area (Å²) in [6.45, 7) is 1.10. The van der Waals surface area contributed by atoms with E-state index < -0.39 is 9.84 Å². The third-order valence-electron chi connectivity index (χ3n) is 3.17. The summed E-state index contributed by atoms with van der Waals surface area (Å²) in [5.74, 6) is 0. The van der Waals surface area contributed by atoms with Crippen LogP contribution in [0.4, 0.5) is 0 Å². The third kappa shape index (κ3) is 1.50. The van der Waals surface area contributed by atoms with Gasteiger partial charge in [0.1, 0.15) is 9.84 Å². The predicted octanol–water partition coefficient (Wildman–Crippen LogP) is 0.316. The van der Waals surface area contributed by atoms with Crippen LogP contribution in [0.5, 0.6) is 0 Å². The molecule has 2 fully saturated rings. The Morgan fingerprint density at radius 1 is 1.33 bits per heavy atom. The average Bonchev–Trinajstić information content (AvgIpc) is 2.68. The summed E-state index contributed by atoms with van der Waals surface area (Å²) >= 11 is 0. The van der Waals surface area contributed by atoms with Gasteiger partial charge in [0, 0.05) is 18.3 Å². The van der Waals surface area contributed by atoms with Crippen LogP contribution >= 0.6 is 0 Å². The van der Waals surface area contributed by atoms with Crippen molar-refractivity contribution in [1.29, 1.82) is 0 Å². The van der Waals surface area contributed by atoms with Crippen LogP contribution in [0.2, 0.25) is 0 Å². The molecule has 0 amide bonds. The maximum absolute atomic E-state index is 11.2. The highest BCUT2D eigenvalue weighted by Crippen LogP contribution is 2.37. The number of rotatable bonds is 1. The lowest BCUT2D eigenvalue weighted by Gasteiger charge is -2.25. The van der Waals surface area contributed by atoms with E-state index in [0.717, 1.165) is 32.2 Å². The zero-order valence-electron chi connectivity index (χ0n) is 7.34. The minimum atomic E-state index is -2.78. The first-order valence-corrected chi connectivity index (χ1v) is 6.41. The Kier molecular flexibility index (Phi) is 1.74. The molecule has 3 nitrogen and oxygen atoms in total. The van der Waals surface area contributed by atoms with Gasteiger partial charge in [0.15, 0.2) is 0 Å². The molecule has 1 saturated carbocycles. The normalized spacial score (nSPS) is 41.6. The van der Waals surface area contributed by atoms with Crippen molar-refractivity contribution in [3.63, 3.8) is 0 Å². The fourth-order valence-electron chi connectivity index (χ4n) is 2.05. The molecule has 0 aromatic carbocycles. The largest absolute Gasteiger partial charge is 0.308 e. The van der Waals surface area contributed by atoms with Crippen molar-refractivity contribution in [2.45, 2.75) is 36.5 Å². The fraction of sp³-hybridized carbons (Fsp3) is 1.00. The van der Waals surface area contributed by atoms with Gasteiger partial charge in [-0.3, -0.25) is 0 Å². The Bertz CT molecular complexity index is 269. The van der Waals surface area contributed by atoms with Crippen LogP contribution in [0, 0.1) is 0 Å². The van der Waals surface area contributed by atoms with E-state index in [0.29, 0.717) is 5.54 Å². The molecule has 12 heavy (non-hydrogen) atoms. The number of nitrogens with one attached hydrogen (secondary N) is 1. The Morgan fingerprint density at radius 2 is 1.83 bits per heavy atom. The first kappa shape index (κ1) is 8.51. The Labute approximate surface area is 73.5 Å². The number of hydrogen-bond donors (Lipinski definition) is 1. The smallest absolute Gasteiger partial charge is 0.150 e. The van der Waals surface area contributed by atoms with Gasteiger partial charge in [0.2, 0.25) is 0 Å². The average molecular weight is 189 g/mol. The summed E-state index contributed by atoms with van der Waals surface area (Å²) in [6.07, 6.45) is 5.16. The van der Waals surface area contributed by atoms with Crippen LogP contribution in [-0.2, 0) is 9.84 Å². The second kappa shape index (κ2) is 2.45. The van der Waals surface area contributed by atoms with Gasteiger partial charge in [0.25, 0.3) is 0 Å². The van der Waals surface area contributed by atoms with Gasteiger partial charge < -0.3 is 5.32 Å². The van der Waals surface area contributed by atoms with E-state index >= 15 is 0 Å². The third-order valence-corrected chi connectivity index (χ3v) is 4.85. The maximum atomic E-state index is 11.2. The summed E-state index contributed by atoms with van der Waals surface area (Å²) in [4.78, 5) is 0. The van der Waals surface area contributed by atoms with Crippen molar-refractivity contribution in [1.82, 2.24) is 5.32 Å². The van der Waals surface area contributed by atoms with E-state index in [1.165, 1.54) is 6.26 Å². The molecule has 1 aliphatic heterocycles. The van der Waals surface area contributed by atoms with Crippen LogP contribution in [-0.4, -0.2) is 32.0 Å². The summed E-state index contributed by atoms with van der Waals surface area (Å²) in [5, 5.41) is 3.26. The van der Waals surface area contributed by atoms with Gasteiger partial charge in [-0.2, -0.15) is 0 Å². The van der Waals surface area contributed by atoms with Gasteiger partial charge in [-0.05, 0) is 25.7 Å². The van der Waals surface area contributed by atoms with Gasteiger partial charge in [-0.25, -0.2) is 8.42 Å². The van der Waals surface area contributed by atoms with Crippen LogP contribution in [0.25, 0.3) is 0 Å². The molecule has 1 aliphatic carbocycles. The molecule has 1 spiro atoms. The van der Waals surface area contributed by atoms with E-state index in [1.807, 2.05) is 0 Å². The van der Waals surface area contributed by atoms with Gasteiger partial charge in [-0.1, -0.05) is 0 Å². The molecule has 2 rings (SSSR count). The molecule has 0 bridgehead atoms. The van der Waals surface area contributed by atoms with Crippen molar-refractivity contribution in [2.24, 2.45) is 0 Å². The predicted molar refractivity (Wildman–Crippen MR) is 47.8 cm³/mol. The summed E-state index contributed by atoms with van der Waals surface area (Å²) in [7, 11) is -2.78. The molecule has 1 saturated heterocycles. The van der Waals surface area contributed by atoms with E-state index in [-0.39, 0.29) is 5.25 Å². The molecular weight excluding hydrogens is 174 g/mol. The first-order valence-electron chi connectivity index (χ1n) is 4.46. The van der Waals surface area contributed by atoms with E-state index in [9.17, 15) is 8.42 Å². The number of sulfone groups is 1. The lowest BCUT2D eigenvalue weighted by Crippen LogP contribution is -2.31. The number of hydrogen-bond acceptors (Lipinski definition) is 3. The monoisotopic (exact) mass is 189 g/mol. The molecule has 1 N–H and O–H groups in total. The first-order chi connectivity index (χ1) is 5.52. The van der Waals surface area contributed by atoms with E-state index in [4.69, 9.17) is 0 Å². The van der Waals surface area contributed by atoms with Crippen molar-refractivity contribution in [2.75, 3.05) is 12.8 Å². The second-order valence-electron chi connectivity index (χ2n) is 4.16. The minimum absolute atomic E-state index is 0.0643. The molecule has 70 valence electrons. The second-order valence-corrected chi connectivity index (χ2v) is 6.49. The highest BCUT2D eigenvalue weighted by atomic mass is 32.2. The summed E-state index contributed by atoms with van der Waals surface area (Å²) in [6, 6.07) is 0. The Balaban J connectivity index is 1.99. The lowest BCUT2D eigenvalue weighted by molar-refractivity contribution is 0.408. The van der Waals surface area contributed by atoms with Crippen molar-refractivity contribution in [3.05, 3.63) is 0 Å². The van der Waals surface area contributed by atoms with Gasteiger partial charge in [-0.15, -0.1) is 0 Å². The lowest BCUT2D eigenvalue weighted by atomic mass is 9.89. The van der Waals surface area contributed by atoms with Crippen LogP contribution in [0.3, 0.4) is 0 Å². The standard InChI is InChI=1S/C8H15NO2S/c1-12(10,11)7-2-4-8(5-3-7)6-9-8/h7,9H,2-6H2,1H3. The summed E-state index contributed by atoms with van der Waals surface area (Å²) in [5.41, 5.74) is 0.362. The molecule has 1 heterocycles. The highest BCUT2D eigenvalue weighted by Gasteiger charge is 2.45. The molecular formula is C8H15NO2S. The molecule has 0 radical (unpaired) electrons. The van der Waals surface area contributed by atoms with Crippen molar-refractivity contribution < 1.29 is 8.42 Å². The highest BCUT2D eigenvalue weighted by molar-refractivity contribution is 7.91. The van der Waals surface area contributed by atoms with Crippen LogP contribution in [0.1, 0.15) is 25.7 Å². The van der Waals surface area contributed by atoms with Crippen LogP contribution in [0.15, 0.2) is 0 Å². The Hall–Kier alpha value is -0.0900. The molecule has 2 aliphatic rings. The van der Waals surface area contributed by atoms with Gasteiger partial charge in [0.05, 0.1) is 5.25 Å². The fourth-order valence-corrected chi connectivity index (χ4v) is 3.14. The molecule has 0 atom stereocenters. The van der Waals surface area contributed by atoms with Crippen molar-refractivity contribution in [3.8, 4) is 0 Å². The van der Waals surface area contributed by atoms with E-state index in [2.05, 4.69) is 5.32 Å². The summed E-state index contributed by atoms with van der Waals surface area (Å²) < 4.78 is 22.4. The van der Waals surface area contributed by atoms with Crippen molar-refractivity contribution >= 4 is 9.84 Å². The maximum Gasteiger partial charge on any atom is 0.150 e. The molecule has 4 heteroatoms. The molecule has 0 aromatic rings. The zero-order chi connectivity index (χ0) is 8.82.